The Balaban J connectivity index is 1.81. The molecule has 0 spiro atoms. The largest absolute Gasteiger partial charge is 0.423 e. The molecule has 3 rings (SSSR count). The van der Waals surface area contributed by atoms with E-state index in [2.05, 4.69) is 0 Å². The fourth-order valence-corrected chi connectivity index (χ4v) is 2.49. The van der Waals surface area contributed by atoms with Crippen molar-refractivity contribution in [3.63, 3.8) is 0 Å². The highest BCUT2D eigenvalue weighted by Gasteiger charge is 2.15. The molecule has 4 heteroatoms. The minimum atomic E-state index is -0.438. The number of esters is 1. The van der Waals surface area contributed by atoms with E-state index in [0.29, 0.717) is 17.0 Å². The Hall–Kier alpha value is -3.40. The Morgan fingerprint density at radius 3 is 1.80 bits per heavy atom. The number of anilines is 2. The Labute approximate surface area is 146 Å². The van der Waals surface area contributed by atoms with Crippen molar-refractivity contribution in [2.45, 2.75) is 6.92 Å². The quantitative estimate of drug-likeness (QED) is 0.519. The van der Waals surface area contributed by atoms with E-state index in [1.807, 2.05) is 36.4 Å². The van der Waals surface area contributed by atoms with E-state index in [0.717, 1.165) is 5.69 Å². The smallest absolute Gasteiger partial charge is 0.343 e. The van der Waals surface area contributed by atoms with Crippen molar-refractivity contribution in [3.05, 3.63) is 90.5 Å². The van der Waals surface area contributed by atoms with E-state index in [9.17, 15) is 9.59 Å². The number of nitrogens with zero attached hydrogens (tertiary/aromatic N) is 1. The van der Waals surface area contributed by atoms with Crippen LogP contribution >= 0.6 is 0 Å². The Morgan fingerprint density at radius 2 is 1.24 bits per heavy atom. The third-order valence-electron chi connectivity index (χ3n) is 3.64. The van der Waals surface area contributed by atoms with Crippen molar-refractivity contribution in [3.8, 4) is 5.75 Å². The summed E-state index contributed by atoms with van der Waals surface area (Å²) in [6.07, 6.45) is 0. The minimum Gasteiger partial charge on any atom is -0.423 e. The number of carbonyl (C=O) groups excluding carboxylic acids is 2. The number of carbonyl (C=O) groups is 2. The second-order valence-electron chi connectivity index (χ2n) is 5.44. The van der Waals surface area contributed by atoms with Crippen molar-refractivity contribution in [2.75, 3.05) is 4.90 Å². The van der Waals surface area contributed by atoms with Crippen LogP contribution in [-0.2, 0) is 4.79 Å². The molecule has 0 atom stereocenters. The van der Waals surface area contributed by atoms with E-state index in [1.165, 1.54) is 6.92 Å². The van der Waals surface area contributed by atoms with E-state index in [-0.39, 0.29) is 5.91 Å². The lowest BCUT2D eigenvalue weighted by Gasteiger charge is -2.21. The summed E-state index contributed by atoms with van der Waals surface area (Å²) in [4.78, 5) is 25.8. The number of amides is 1. The van der Waals surface area contributed by atoms with Crippen LogP contribution in [0.5, 0.6) is 5.75 Å². The molecule has 0 aliphatic rings. The molecule has 3 aromatic carbocycles. The average Bonchev–Trinajstić information content (AvgIpc) is 2.64. The molecule has 0 aromatic heterocycles. The molecule has 0 bridgehead atoms. The zero-order valence-corrected chi connectivity index (χ0v) is 13.8. The third kappa shape index (κ3) is 3.93. The molecule has 0 saturated carbocycles. The molecule has 1 amide bonds. The van der Waals surface area contributed by atoms with Crippen LogP contribution in [0.2, 0.25) is 0 Å². The van der Waals surface area contributed by atoms with Gasteiger partial charge in [-0.15, -0.1) is 0 Å². The van der Waals surface area contributed by atoms with E-state index in [1.54, 1.807) is 53.4 Å². The average molecular weight is 331 g/mol. The Morgan fingerprint density at radius 1 is 0.720 bits per heavy atom. The Bertz CT molecular complexity index is 859. The molecule has 0 aliphatic heterocycles. The highest BCUT2D eigenvalue weighted by molar-refractivity contribution is 5.99. The number of benzene rings is 3. The lowest BCUT2D eigenvalue weighted by atomic mass is 10.1. The van der Waals surface area contributed by atoms with Gasteiger partial charge in [0.15, 0.2) is 0 Å². The summed E-state index contributed by atoms with van der Waals surface area (Å²) in [5, 5.41) is 0. The minimum absolute atomic E-state index is 0.106. The molecule has 0 unspecified atom stereocenters. The van der Waals surface area contributed by atoms with Crippen LogP contribution in [0.1, 0.15) is 17.3 Å². The number of hydrogen-bond acceptors (Lipinski definition) is 3. The first-order valence-corrected chi connectivity index (χ1v) is 7.88. The molecule has 4 nitrogen and oxygen atoms in total. The molecule has 0 aliphatic carbocycles. The maximum absolute atomic E-state index is 12.2. The molecular weight excluding hydrogens is 314 g/mol. The number of para-hydroxylation sites is 2. The third-order valence-corrected chi connectivity index (χ3v) is 3.64. The first-order valence-electron chi connectivity index (χ1n) is 7.88. The zero-order chi connectivity index (χ0) is 17.6. The summed E-state index contributed by atoms with van der Waals surface area (Å²) in [5.74, 6) is -0.0520. The molecule has 0 fully saturated rings. The standard InChI is InChI=1S/C21H17NO3/c1-16(23)22(18-8-4-2-5-9-18)19-14-12-17(13-15-19)21(24)25-20-10-6-3-7-11-20/h2-15H,1H3. The normalized spacial score (nSPS) is 10.1. The summed E-state index contributed by atoms with van der Waals surface area (Å²) in [5.41, 5.74) is 1.88. The highest BCUT2D eigenvalue weighted by atomic mass is 16.5. The van der Waals surface area contributed by atoms with Gasteiger partial charge < -0.3 is 4.74 Å². The molecule has 0 N–H and O–H groups in total. The van der Waals surface area contributed by atoms with Crippen molar-refractivity contribution >= 4 is 23.3 Å². The van der Waals surface area contributed by atoms with Gasteiger partial charge >= 0.3 is 5.97 Å². The van der Waals surface area contributed by atoms with Crippen LogP contribution < -0.4 is 9.64 Å². The van der Waals surface area contributed by atoms with Crippen LogP contribution in [0.25, 0.3) is 0 Å². The van der Waals surface area contributed by atoms with Crippen molar-refractivity contribution in [1.82, 2.24) is 0 Å². The summed E-state index contributed by atoms with van der Waals surface area (Å²) in [6.45, 7) is 1.50. The summed E-state index contributed by atoms with van der Waals surface area (Å²) in [7, 11) is 0. The fraction of sp³-hybridized carbons (Fsp3) is 0.0476. The SMILES string of the molecule is CC(=O)N(c1ccccc1)c1ccc(C(=O)Oc2ccccc2)cc1. The monoisotopic (exact) mass is 331 g/mol. The van der Waals surface area contributed by atoms with Gasteiger partial charge in [-0.2, -0.15) is 0 Å². The summed E-state index contributed by atoms with van der Waals surface area (Å²) >= 11 is 0. The van der Waals surface area contributed by atoms with Gasteiger partial charge in [0.2, 0.25) is 5.91 Å². The van der Waals surface area contributed by atoms with Crippen LogP contribution in [-0.4, -0.2) is 11.9 Å². The van der Waals surface area contributed by atoms with Gasteiger partial charge in [0.1, 0.15) is 5.75 Å². The van der Waals surface area contributed by atoms with Crippen LogP contribution in [0.15, 0.2) is 84.9 Å². The molecular formula is C21H17NO3. The van der Waals surface area contributed by atoms with Gasteiger partial charge in [-0.3, -0.25) is 9.69 Å². The topological polar surface area (TPSA) is 46.6 Å². The first kappa shape index (κ1) is 16.5. The number of ether oxygens (including phenoxy) is 1. The van der Waals surface area contributed by atoms with Crippen molar-refractivity contribution in [1.29, 1.82) is 0 Å². The van der Waals surface area contributed by atoms with Crippen LogP contribution in [0.3, 0.4) is 0 Å². The van der Waals surface area contributed by atoms with Crippen molar-refractivity contribution < 1.29 is 14.3 Å². The highest BCUT2D eigenvalue weighted by Crippen LogP contribution is 2.26. The predicted octanol–water partition coefficient (Wildman–Crippen LogP) is 4.59. The van der Waals surface area contributed by atoms with Gasteiger partial charge in [0.25, 0.3) is 0 Å². The number of rotatable bonds is 4. The lowest BCUT2D eigenvalue weighted by molar-refractivity contribution is -0.115. The van der Waals surface area contributed by atoms with Gasteiger partial charge in [-0.05, 0) is 48.5 Å². The lowest BCUT2D eigenvalue weighted by Crippen LogP contribution is -2.22. The van der Waals surface area contributed by atoms with Gasteiger partial charge in [0, 0.05) is 18.3 Å². The van der Waals surface area contributed by atoms with Crippen LogP contribution in [0, 0.1) is 0 Å². The molecule has 25 heavy (non-hydrogen) atoms. The van der Waals surface area contributed by atoms with Crippen molar-refractivity contribution in [2.24, 2.45) is 0 Å². The summed E-state index contributed by atoms with van der Waals surface area (Å²) in [6, 6.07) is 25.0. The first-order chi connectivity index (χ1) is 12.1. The molecule has 0 radical (unpaired) electrons. The second kappa shape index (κ2) is 7.45. The maximum atomic E-state index is 12.2. The van der Waals surface area contributed by atoms with E-state index >= 15 is 0 Å². The van der Waals surface area contributed by atoms with E-state index in [4.69, 9.17) is 4.74 Å². The maximum Gasteiger partial charge on any atom is 0.343 e. The van der Waals surface area contributed by atoms with Gasteiger partial charge in [-0.1, -0.05) is 36.4 Å². The van der Waals surface area contributed by atoms with Gasteiger partial charge in [-0.25, -0.2) is 4.79 Å². The molecule has 0 heterocycles. The fourth-order valence-electron chi connectivity index (χ4n) is 2.49. The molecule has 0 saturated heterocycles. The Kier molecular flexibility index (Phi) is 4.90. The second-order valence-corrected chi connectivity index (χ2v) is 5.44. The number of hydrogen-bond donors (Lipinski definition) is 0. The van der Waals surface area contributed by atoms with E-state index < -0.39 is 5.97 Å². The zero-order valence-electron chi connectivity index (χ0n) is 13.8. The summed E-state index contributed by atoms with van der Waals surface area (Å²) < 4.78 is 5.31. The molecule has 3 aromatic rings. The molecule has 124 valence electrons. The van der Waals surface area contributed by atoms with Crippen LogP contribution in [0.4, 0.5) is 11.4 Å². The predicted molar refractivity (Wildman–Crippen MR) is 97.1 cm³/mol. The van der Waals surface area contributed by atoms with Gasteiger partial charge in [0.05, 0.1) is 5.56 Å².